The van der Waals surface area contributed by atoms with Crippen molar-refractivity contribution in [2.24, 2.45) is 0 Å². The van der Waals surface area contributed by atoms with E-state index in [0.29, 0.717) is 22.8 Å². The van der Waals surface area contributed by atoms with Crippen LogP contribution in [-0.4, -0.2) is 43.8 Å². The molecule has 0 unspecified atom stereocenters. The van der Waals surface area contributed by atoms with Crippen LogP contribution in [0, 0.1) is 11.6 Å². The van der Waals surface area contributed by atoms with Crippen molar-refractivity contribution in [3.63, 3.8) is 0 Å². The maximum atomic E-state index is 14.8. The van der Waals surface area contributed by atoms with E-state index in [4.69, 9.17) is 0 Å². The summed E-state index contributed by atoms with van der Waals surface area (Å²) in [6.07, 6.45) is 3.35. The van der Waals surface area contributed by atoms with Crippen LogP contribution in [-0.2, 0) is 6.42 Å². The summed E-state index contributed by atoms with van der Waals surface area (Å²) in [6, 6.07) is 12.5. The molecule has 2 heterocycles. The zero-order chi connectivity index (χ0) is 22.5. The Morgan fingerprint density at radius 1 is 1.06 bits per heavy atom. The molecule has 0 bridgehead atoms. The SMILES string of the molecule is O=C(N[C@@H](CO)Cc1ncccn1)c1cccc(F)c1-c1cc(-c2ccc(F)cc2)n[nH]1. The van der Waals surface area contributed by atoms with Crippen LogP contribution >= 0.6 is 0 Å². The fourth-order valence-corrected chi connectivity index (χ4v) is 3.29. The Labute approximate surface area is 182 Å². The van der Waals surface area contributed by atoms with Crippen molar-refractivity contribution in [1.29, 1.82) is 0 Å². The minimum Gasteiger partial charge on any atom is -0.394 e. The molecule has 4 aromatic rings. The van der Waals surface area contributed by atoms with Gasteiger partial charge in [-0.05, 0) is 48.5 Å². The second kappa shape index (κ2) is 9.44. The highest BCUT2D eigenvalue weighted by molar-refractivity contribution is 6.01. The number of benzene rings is 2. The number of aromatic nitrogens is 4. The maximum absolute atomic E-state index is 14.8. The third kappa shape index (κ3) is 4.68. The Kier molecular flexibility index (Phi) is 6.27. The van der Waals surface area contributed by atoms with E-state index < -0.39 is 17.8 Å². The molecule has 0 aliphatic carbocycles. The predicted molar refractivity (Wildman–Crippen MR) is 113 cm³/mol. The lowest BCUT2D eigenvalue weighted by Crippen LogP contribution is -2.39. The highest BCUT2D eigenvalue weighted by atomic mass is 19.1. The number of nitrogens with one attached hydrogen (secondary N) is 2. The monoisotopic (exact) mass is 435 g/mol. The van der Waals surface area contributed by atoms with Gasteiger partial charge in [0.2, 0.25) is 0 Å². The minimum absolute atomic E-state index is 0.0403. The summed E-state index contributed by atoms with van der Waals surface area (Å²) in [5.74, 6) is -1.09. The Balaban J connectivity index is 1.60. The average Bonchev–Trinajstić information content (AvgIpc) is 3.29. The molecule has 1 atom stereocenters. The average molecular weight is 435 g/mol. The van der Waals surface area contributed by atoms with Crippen LogP contribution in [0.3, 0.4) is 0 Å². The Morgan fingerprint density at radius 2 is 1.81 bits per heavy atom. The summed E-state index contributed by atoms with van der Waals surface area (Å²) in [7, 11) is 0. The van der Waals surface area contributed by atoms with Crippen LogP contribution in [0.1, 0.15) is 16.2 Å². The number of aliphatic hydroxyl groups is 1. The Hall–Kier alpha value is -3.98. The second-order valence-corrected chi connectivity index (χ2v) is 7.06. The number of aromatic amines is 1. The van der Waals surface area contributed by atoms with Gasteiger partial charge < -0.3 is 10.4 Å². The molecule has 0 spiro atoms. The molecule has 162 valence electrons. The first kappa shape index (κ1) is 21.3. The molecular formula is C23H19F2N5O2. The van der Waals surface area contributed by atoms with Gasteiger partial charge in [0.05, 0.1) is 29.6 Å². The molecule has 0 fully saturated rings. The van der Waals surface area contributed by atoms with Gasteiger partial charge in [-0.3, -0.25) is 9.89 Å². The largest absolute Gasteiger partial charge is 0.394 e. The first-order chi connectivity index (χ1) is 15.5. The van der Waals surface area contributed by atoms with Gasteiger partial charge in [0.1, 0.15) is 17.5 Å². The molecular weight excluding hydrogens is 416 g/mol. The van der Waals surface area contributed by atoms with E-state index in [1.54, 1.807) is 36.7 Å². The molecule has 0 saturated heterocycles. The van der Waals surface area contributed by atoms with Crippen LogP contribution in [0.5, 0.6) is 0 Å². The summed E-state index contributed by atoms with van der Waals surface area (Å²) < 4.78 is 28.0. The van der Waals surface area contributed by atoms with E-state index in [-0.39, 0.29) is 30.0 Å². The van der Waals surface area contributed by atoms with Crippen molar-refractivity contribution in [1.82, 2.24) is 25.5 Å². The van der Waals surface area contributed by atoms with Crippen molar-refractivity contribution in [2.75, 3.05) is 6.61 Å². The molecule has 9 heteroatoms. The van der Waals surface area contributed by atoms with Crippen LogP contribution in [0.15, 0.2) is 67.0 Å². The number of carbonyl (C=O) groups excluding carboxylic acids is 1. The first-order valence-electron chi connectivity index (χ1n) is 9.83. The van der Waals surface area contributed by atoms with Crippen molar-refractivity contribution in [3.8, 4) is 22.5 Å². The molecule has 2 aromatic carbocycles. The summed E-state index contributed by atoms with van der Waals surface area (Å²) in [4.78, 5) is 21.1. The fraction of sp³-hybridized carbons (Fsp3) is 0.130. The molecule has 32 heavy (non-hydrogen) atoms. The molecule has 0 aliphatic rings. The van der Waals surface area contributed by atoms with Gasteiger partial charge in [0.25, 0.3) is 5.91 Å². The summed E-state index contributed by atoms with van der Waals surface area (Å²) in [5.41, 5.74) is 1.52. The van der Waals surface area contributed by atoms with Gasteiger partial charge >= 0.3 is 0 Å². The van der Waals surface area contributed by atoms with Gasteiger partial charge in [0, 0.05) is 29.9 Å². The quantitative estimate of drug-likeness (QED) is 0.414. The van der Waals surface area contributed by atoms with E-state index in [0.717, 1.165) is 0 Å². The first-order valence-corrected chi connectivity index (χ1v) is 9.83. The molecule has 1 amide bonds. The number of rotatable bonds is 7. The zero-order valence-corrected chi connectivity index (χ0v) is 16.8. The minimum atomic E-state index is -0.655. The van der Waals surface area contributed by atoms with Gasteiger partial charge in [-0.1, -0.05) is 6.07 Å². The molecule has 3 N–H and O–H groups in total. The lowest BCUT2D eigenvalue weighted by Gasteiger charge is -2.17. The third-order valence-electron chi connectivity index (χ3n) is 4.85. The molecule has 0 aliphatic heterocycles. The molecule has 2 aromatic heterocycles. The third-order valence-corrected chi connectivity index (χ3v) is 4.85. The van der Waals surface area contributed by atoms with Crippen molar-refractivity contribution >= 4 is 5.91 Å². The highest BCUT2D eigenvalue weighted by Gasteiger charge is 2.21. The van der Waals surface area contributed by atoms with Gasteiger partial charge in [-0.25, -0.2) is 18.7 Å². The van der Waals surface area contributed by atoms with E-state index in [1.165, 1.54) is 30.3 Å². The molecule has 4 rings (SSSR count). The topological polar surface area (TPSA) is 104 Å². The fourth-order valence-electron chi connectivity index (χ4n) is 3.29. The van der Waals surface area contributed by atoms with Gasteiger partial charge in [-0.15, -0.1) is 0 Å². The summed E-state index contributed by atoms with van der Waals surface area (Å²) in [5, 5.41) is 19.3. The summed E-state index contributed by atoms with van der Waals surface area (Å²) in [6.45, 7) is -0.340. The second-order valence-electron chi connectivity index (χ2n) is 7.06. The lowest BCUT2D eigenvalue weighted by atomic mass is 10.0. The number of halogens is 2. The van der Waals surface area contributed by atoms with E-state index in [2.05, 4.69) is 25.5 Å². The van der Waals surface area contributed by atoms with E-state index >= 15 is 0 Å². The van der Waals surface area contributed by atoms with E-state index in [9.17, 15) is 18.7 Å². The summed E-state index contributed by atoms with van der Waals surface area (Å²) >= 11 is 0. The number of hydrogen-bond acceptors (Lipinski definition) is 5. The smallest absolute Gasteiger partial charge is 0.252 e. The molecule has 0 radical (unpaired) electrons. The number of aliphatic hydroxyl groups excluding tert-OH is 1. The van der Waals surface area contributed by atoms with Crippen LogP contribution in [0.2, 0.25) is 0 Å². The number of amides is 1. The van der Waals surface area contributed by atoms with Crippen LogP contribution in [0.4, 0.5) is 8.78 Å². The van der Waals surface area contributed by atoms with Gasteiger partial charge in [0.15, 0.2) is 0 Å². The highest BCUT2D eigenvalue weighted by Crippen LogP contribution is 2.29. The number of H-pyrrole nitrogens is 1. The normalized spacial score (nSPS) is 11.8. The number of carbonyl (C=O) groups is 1. The van der Waals surface area contributed by atoms with Crippen LogP contribution < -0.4 is 5.32 Å². The predicted octanol–water partition coefficient (Wildman–Crippen LogP) is 3.15. The number of nitrogens with zero attached hydrogens (tertiary/aromatic N) is 3. The Bertz CT molecular complexity index is 1210. The van der Waals surface area contributed by atoms with Crippen molar-refractivity contribution in [3.05, 3.63) is 90.0 Å². The van der Waals surface area contributed by atoms with Crippen LogP contribution in [0.25, 0.3) is 22.5 Å². The maximum Gasteiger partial charge on any atom is 0.252 e. The lowest BCUT2D eigenvalue weighted by molar-refractivity contribution is 0.0916. The van der Waals surface area contributed by atoms with Crippen molar-refractivity contribution in [2.45, 2.75) is 12.5 Å². The molecule has 7 nitrogen and oxygen atoms in total. The Morgan fingerprint density at radius 3 is 2.53 bits per heavy atom. The standard InChI is InChI=1S/C23H19F2N5O2/c24-15-7-5-14(6-8-15)19-12-20(30-29-19)22-17(3-1-4-18(22)25)23(32)28-16(13-31)11-21-26-9-2-10-27-21/h1-10,12,16,31H,11,13H2,(H,28,32)(H,29,30)/t16-/m1/s1. The van der Waals surface area contributed by atoms with E-state index in [1.807, 2.05) is 0 Å². The van der Waals surface area contributed by atoms with Crippen molar-refractivity contribution < 1.29 is 18.7 Å². The molecule has 0 saturated carbocycles. The van der Waals surface area contributed by atoms with Gasteiger partial charge in [-0.2, -0.15) is 5.10 Å². The zero-order valence-electron chi connectivity index (χ0n) is 16.8. The number of hydrogen-bond donors (Lipinski definition) is 3.